The van der Waals surface area contributed by atoms with E-state index in [1.54, 1.807) is 16.7 Å². The highest BCUT2D eigenvalue weighted by Gasteiger charge is 2.46. The summed E-state index contributed by atoms with van der Waals surface area (Å²) in [5.41, 5.74) is 0.977. The molecule has 0 radical (unpaired) electrons. The number of esters is 1. The molecule has 1 unspecified atom stereocenters. The summed E-state index contributed by atoms with van der Waals surface area (Å²) in [7, 11) is 0. The van der Waals surface area contributed by atoms with Crippen LogP contribution in [-0.2, 0) is 25.7 Å². The second kappa shape index (κ2) is 6.24. The number of ketones is 1. The molecule has 0 bridgehead atoms. The molecule has 1 amide bonds. The summed E-state index contributed by atoms with van der Waals surface area (Å²) in [6.07, 6.45) is 1.46. The fourth-order valence-corrected chi connectivity index (χ4v) is 2.89. The number of amides is 1. The van der Waals surface area contributed by atoms with Crippen LogP contribution in [0.3, 0.4) is 0 Å². The lowest BCUT2D eigenvalue weighted by Gasteiger charge is -2.36. The lowest BCUT2D eigenvalue weighted by molar-refractivity contribution is -0.144. The van der Waals surface area contributed by atoms with E-state index in [1.165, 1.54) is 6.20 Å². The van der Waals surface area contributed by atoms with Crippen LogP contribution in [0.2, 0.25) is 0 Å². The Morgan fingerprint density at radius 2 is 1.96 bits per heavy atom. The molecule has 1 saturated heterocycles. The number of fused-ring (bicyclic) bond motifs is 1. The topological polar surface area (TPSA) is 66.9 Å². The van der Waals surface area contributed by atoms with Crippen molar-refractivity contribution in [3.63, 3.8) is 0 Å². The largest absolute Gasteiger partial charge is 0.462 e. The first-order valence-electron chi connectivity index (χ1n) is 7.63. The van der Waals surface area contributed by atoms with Crippen molar-refractivity contribution in [1.29, 1.82) is 0 Å². The molecule has 2 aliphatic heterocycles. The third-order valence-electron chi connectivity index (χ3n) is 4.03. The number of nitrogens with zero attached hydrogens (tertiary/aromatic N) is 2. The van der Waals surface area contributed by atoms with Gasteiger partial charge >= 0.3 is 5.97 Å². The van der Waals surface area contributed by atoms with Crippen LogP contribution in [-0.4, -0.2) is 53.2 Å². The summed E-state index contributed by atoms with van der Waals surface area (Å²) >= 11 is 0. The molecule has 2 aliphatic rings. The van der Waals surface area contributed by atoms with Gasteiger partial charge in [-0.05, 0) is 12.5 Å². The summed E-state index contributed by atoms with van der Waals surface area (Å²) in [6, 6.07) is 8.71. The van der Waals surface area contributed by atoms with Crippen molar-refractivity contribution in [2.75, 3.05) is 19.7 Å². The standard InChI is InChI=1S/C17H18N2O4/c1-2-23-17(22)13-11-18-8-9-19(16(21)14(18)15(13)20)10-12-6-4-3-5-7-12/h3-7,11,14H,2,8-10H2,1H3. The molecule has 6 nitrogen and oxygen atoms in total. The van der Waals surface area contributed by atoms with Crippen molar-refractivity contribution in [3.05, 3.63) is 47.7 Å². The quantitative estimate of drug-likeness (QED) is 0.466. The number of carbonyl (C=O) groups is 3. The van der Waals surface area contributed by atoms with Crippen LogP contribution in [0.25, 0.3) is 0 Å². The zero-order valence-electron chi connectivity index (χ0n) is 12.9. The monoisotopic (exact) mass is 314 g/mol. The lowest BCUT2D eigenvalue weighted by atomic mass is 10.1. The van der Waals surface area contributed by atoms with Crippen LogP contribution in [0.15, 0.2) is 42.1 Å². The van der Waals surface area contributed by atoms with Crippen molar-refractivity contribution in [3.8, 4) is 0 Å². The molecule has 6 heteroatoms. The van der Waals surface area contributed by atoms with Crippen molar-refractivity contribution in [1.82, 2.24) is 9.80 Å². The van der Waals surface area contributed by atoms with Crippen LogP contribution in [0.4, 0.5) is 0 Å². The molecule has 0 aromatic heterocycles. The predicted octanol–water partition coefficient (Wildman–Crippen LogP) is 0.729. The van der Waals surface area contributed by atoms with Gasteiger partial charge < -0.3 is 14.5 Å². The molecular weight excluding hydrogens is 296 g/mol. The second-order valence-electron chi connectivity index (χ2n) is 5.51. The van der Waals surface area contributed by atoms with E-state index in [0.29, 0.717) is 19.6 Å². The molecular formula is C17H18N2O4. The van der Waals surface area contributed by atoms with Gasteiger partial charge in [-0.25, -0.2) is 4.79 Å². The van der Waals surface area contributed by atoms with E-state index in [-0.39, 0.29) is 18.1 Å². The van der Waals surface area contributed by atoms with Gasteiger partial charge in [0.15, 0.2) is 6.04 Å². The third kappa shape index (κ3) is 2.84. The van der Waals surface area contributed by atoms with Gasteiger partial charge in [-0.2, -0.15) is 0 Å². The van der Waals surface area contributed by atoms with Crippen LogP contribution >= 0.6 is 0 Å². The zero-order chi connectivity index (χ0) is 16.4. The average Bonchev–Trinajstić information content (AvgIpc) is 2.89. The zero-order valence-corrected chi connectivity index (χ0v) is 12.9. The number of carbonyl (C=O) groups excluding carboxylic acids is 3. The Balaban J connectivity index is 1.74. The fourth-order valence-electron chi connectivity index (χ4n) is 2.89. The first kappa shape index (κ1) is 15.3. The van der Waals surface area contributed by atoms with Gasteiger partial charge in [-0.15, -0.1) is 0 Å². The van der Waals surface area contributed by atoms with Gasteiger partial charge in [0.25, 0.3) is 5.91 Å². The molecule has 1 atom stereocenters. The molecule has 3 rings (SSSR count). The van der Waals surface area contributed by atoms with Crippen LogP contribution in [0.5, 0.6) is 0 Å². The van der Waals surface area contributed by atoms with E-state index in [2.05, 4.69) is 0 Å². The highest BCUT2D eigenvalue weighted by Crippen LogP contribution is 2.25. The lowest BCUT2D eigenvalue weighted by Crippen LogP contribution is -2.55. The molecule has 1 aromatic carbocycles. The number of hydrogen-bond donors (Lipinski definition) is 0. The van der Waals surface area contributed by atoms with Crippen LogP contribution < -0.4 is 0 Å². The Hall–Kier alpha value is -2.63. The molecule has 120 valence electrons. The molecule has 1 aromatic rings. The first-order chi connectivity index (χ1) is 11.1. The van der Waals surface area contributed by atoms with E-state index in [4.69, 9.17) is 4.74 Å². The Morgan fingerprint density at radius 1 is 1.22 bits per heavy atom. The molecule has 1 fully saturated rings. The highest BCUT2D eigenvalue weighted by atomic mass is 16.5. The Morgan fingerprint density at radius 3 is 2.65 bits per heavy atom. The maximum absolute atomic E-state index is 12.6. The number of hydrogen-bond acceptors (Lipinski definition) is 5. The van der Waals surface area contributed by atoms with E-state index >= 15 is 0 Å². The fraction of sp³-hybridized carbons (Fsp3) is 0.353. The summed E-state index contributed by atoms with van der Waals surface area (Å²) in [4.78, 5) is 40.1. The van der Waals surface area contributed by atoms with E-state index < -0.39 is 17.8 Å². The molecule has 0 spiro atoms. The molecule has 0 saturated carbocycles. The minimum absolute atomic E-state index is 0.0354. The first-order valence-corrected chi connectivity index (χ1v) is 7.63. The van der Waals surface area contributed by atoms with Gasteiger partial charge in [-0.3, -0.25) is 9.59 Å². The molecule has 23 heavy (non-hydrogen) atoms. The Bertz CT molecular complexity index is 668. The van der Waals surface area contributed by atoms with Crippen molar-refractivity contribution < 1.29 is 19.1 Å². The van der Waals surface area contributed by atoms with Gasteiger partial charge in [0, 0.05) is 25.8 Å². The number of rotatable bonds is 4. The third-order valence-corrected chi connectivity index (χ3v) is 4.03. The van der Waals surface area contributed by atoms with Crippen LogP contribution in [0.1, 0.15) is 12.5 Å². The van der Waals surface area contributed by atoms with Gasteiger partial charge in [0.05, 0.1) is 6.61 Å². The van der Waals surface area contributed by atoms with Gasteiger partial charge in [-0.1, -0.05) is 30.3 Å². The molecule has 2 heterocycles. The molecule has 0 N–H and O–H groups in total. The smallest absolute Gasteiger partial charge is 0.343 e. The number of ether oxygens (including phenoxy) is 1. The van der Waals surface area contributed by atoms with E-state index in [1.807, 2.05) is 30.3 Å². The maximum Gasteiger partial charge on any atom is 0.343 e. The van der Waals surface area contributed by atoms with E-state index in [0.717, 1.165) is 5.56 Å². The van der Waals surface area contributed by atoms with Crippen molar-refractivity contribution in [2.45, 2.75) is 19.5 Å². The number of benzene rings is 1. The van der Waals surface area contributed by atoms with Crippen molar-refractivity contribution >= 4 is 17.7 Å². The summed E-state index contributed by atoms with van der Waals surface area (Å²) < 4.78 is 4.88. The minimum Gasteiger partial charge on any atom is -0.462 e. The second-order valence-corrected chi connectivity index (χ2v) is 5.51. The average molecular weight is 314 g/mol. The van der Waals surface area contributed by atoms with Gasteiger partial charge in [0.2, 0.25) is 5.78 Å². The Labute approximate surface area is 134 Å². The normalized spacial score (nSPS) is 20.4. The minimum atomic E-state index is -0.924. The highest BCUT2D eigenvalue weighted by molar-refractivity contribution is 6.26. The SMILES string of the molecule is CCOC(=O)C1=CN2CCN(Cc3ccccc3)C(=O)C2C1=O. The number of Topliss-reactive ketones (excluding diaryl/α,β-unsaturated/α-hetero) is 1. The number of piperazine rings is 1. The van der Waals surface area contributed by atoms with Crippen LogP contribution in [0, 0.1) is 0 Å². The predicted molar refractivity (Wildman–Crippen MR) is 82.1 cm³/mol. The van der Waals surface area contributed by atoms with Crippen molar-refractivity contribution in [2.24, 2.45) is 0 Å². The summed E-state index contributed by atoms with van der Waals surface area (Å²) in [5, 5.41) is 0. The maximum atomic E-state index is 12.6. The Kier molecular flexibility index (Phi) is 4.14. The summed E-state index contributed by atoms with van der Waals surface area (Å²) in [5.74, 6) is -1.39. The van der Waals surface area contributed by atoms with E-state index in [9.17, 15) is 14.4 Å². The molecule has 0 aliphatic carbocycles. The van der Waals surface area contributed by atoms with Gasteiger partial charge in [0.1, 0.15) is 5.57 Å². The summed E-state index contributed by atoms with van der Waals surface area (Å²) in [6.45, 7) is 3.38.